The fourth-order valence-electron chi connectivity index (χ4n) is 6.28. The largest absolute Gasteiger partial charge is 0.496 e. The molecule has 52 heavy (non-hydrogen) atoms. The lowest BCUT2D eigenvalue weighted by Crippen LogP contribution is -2.63. The number of alkyl halides is 3. The molecule has 1 fully saturated rings. The highest BCUT2D eigenvalue weighted by Crippen LogP contribution is 2.42. The molecule has 3 aromatic carbocycles. The van der Waals surface area contributed by atoms with Gasteiger partial charge in [0, 0.05) is 30.6 Å². The summed E-state index contributed by atoms with van der Waals surface area (Å²) in [5.74, 6) is 1.70. The molecule has 0 spiro atoms. The van der Waals surface area contributed by atoms with Gasteiger partial charge in [0.15, 0.2) is 5.60 Å². The third-order valence-corrected chi connectivity index (χ3v) is 10.5. The molecule has 0 aliphatic carbocycles. The van der Waals surface area contributed by atoms with Crippen molar-refractivity contribution in [1.29, 1.82) is 0 Å². The molecule has 2 atom stereocenters. The number of hydrogen-bond donors (Lipinski definition) is 1. The number of hydrogen-bond acceptors (Lipinski definition) is 9. The summed E-state index contributed by atoms with van der Waals surface area (Å²) < 4.78 is 32.5. The Bertz CT molecular complexity index is 1710. The first-order valence-electron chi connectivity index (χ1n) is 17.1. The third-order valence-electron chi connectivity index (χ3n) is 9.18. The van der Waals surface area contributed by atoms with Gasteiger partial charge in [-0.15, -0.1) is 0 Å². The average molecular weight is 776 g/mol. The molecule has 5 rings (SSSR count). The lowest BCUT2D eigenvalue weighted by molar-refractivity contribution is -0.142. The summed E-state index contributed by atoms with van der Waals surface area (Å²) in [6.07, 6.45) is 0.610. The number of benzene rings is 3. The number of nitrogens with zero attached hydrogens (tertiary/aromatic N) is 1. The van der Waals surface area contributed by atoms with Crippen molar-refractivity contribution in [1.82, 2.24) is 10.2 Å². The Morgan fingerprint density at radius 1 is 0.846 bits per heavy atom. The topological polar surface area (TPSA) is 105 Å². The normalized spacial score (nSPS) is 17.4. The number of amides is 1. The molecule has 3 aromatic rings. The molecular weight excluding hydrogens is 731 g/mol. The van der Waals surface area contributed by atoms with E-state index in [9.17, 15) is 9.59 Å². The fourth-order valence-corrected chi connectivity index (χ4v) is 6.40. The van der Waals surface area contributed by atoms with Crippen LogP contribution >= 0.6 is 34.8 Å². The van der Waals surface area contributed by atoms with E-state index < -0.39 is 27.5 Å². The first-order valence-corrected chi connectivity index (χ1v) is 18.3. The van der Waals surface area contributed by atoms with E-state index in [0.717, 1.165) is 33.8 Å². The van der Waals surface area contributed by atoms with Gasteiger partial charge in [0.2, 0.25) is 3.79 Å². The van der Waals surface area contributed by atoms with E-state index in [0.29, 0.717) is 57.1 Å². The van der Waals surface area contributed by atoms with Crippen molar-refractivity contribution >= 4 is 52.4 Å². The number of nitrogens with one attached hydrogen (secondary N) is 1. The smallest absolute Gasteiger partial charge is 0.411 e. The van der Waals surface area contributed by atoms with Crippen LogP contribution in [0.3, 0.4) is 0 Å². The number of methoxy groups -OCH3 is 2. The van der Waals surface area contributed by atoms with E-state index in [1.54, 1.807) is 39.0 Å². The van der Waals surface area contributed by atoms with Crippen LogP contribution < -0.4 is 19.5 Å². The van der Waals surface area contributed by atoms with Gasteiger partial charge in [-0.3, -0.25) is 9.69 Å². The summed E-state index contributed by atoms with van der Waals surface area (Å²) in [6, 6.07) is 22.2. The molecule has 0 saturated carbocycles. The number of fused-ring (bicyclic) bond motifs is 2. The van der Waals surface area contributed by atoms with E-state index in [1.165, 1.54) is 0 Å². The number of para-hydroxylation sites is 2. The number of carbonyl (C=O) groups excluding carboxylic acids is 2. The van der Waals surface area contributed by atoms with Crippen LogP contribution in [0, 0.1) is 0 Å². The van der Waals surface area contributed by atoms with Gasteiger partial charge in [0.25, 0.3) is 0 Å². The summed E-state index contributed by atoms with van der Waals surface area (Å²) >= 11 is 18.5. The molecule has 280 valence electrons. The number of halogens is 3. The second-order valence-corrected chi connectivity index (χ2v) is 15.3. The molecule has 2 heterocycles. The van der Waals surface area contributed by atoms with Crippen molar-refractivity contribution in [2.24, 2.45) is 0 Å². The maximum absolute atomic E-state index is 13.7. The summed E-state index contributed by atoms with van der Waals surface area (Å²) in [5.41, 5.74) is 3.01. The summed E-state index contributed by atoms with van der Waals surface area (Å²) in [6.45, 7) is 5.51. The monoisotopic (exact) mass is 774 g/mol. The SMILES string of the molecule is COc1ccccc1COCCCOc1ccc(C2=C(COC(=O)Cc3ccccc3OC)[C@H]3CNC[C@@H](C2)N3C(=O)OC(C)(C)C(Cl)(Cl)Cl)cc1. The van der Waals surface area contributed by atoms with Crippen LogP contribution in [0.2, 0.25) is 0 Å². The van der Waals surface area contributed by atoms with Crippen molar-refractivity contribution < 1.29 is 38.0 Å². The number of ether oxygens (including phenoxy) is 6. The maximum Gasteiger partial charge on any atom is 0.411 e. The Balaban J connectivity index is 1.30. The zero-order valence-corrected chi connectivity index (χ0v) is 32.1. The van der Waals surface area contributed by atoms with Gasteiger partial charge >= 0.3 is 12.1 Å². The van der Waals surface area contributed by atoms with Crippen LogP contribution in [0.5, 0.6) is 17.2 Å². The number of carbonyl (C=O) groups is 2. The third kappa shape index (κ3) is 9.85. The first-order chi connectivity index (χ1) is 24.9. The predicted octanol–water partition coefficient (Wildman–Crippen LogP) is 7.56. The van der Waals surface area contributed by atoms with Crippen LogP contribution in [-0.2, 0) is 32.0 Å². The Kier molecular flexibility index (Phi) is 13.6. The molecule has 2 bridgehead atoms. The quantitative estimate of drug-likeness (QED) is 0.0952. The fraction of sp³-hybridized carbons (Fsp3) is 0.436. The Morgan fingerprint density at radius 2 is 1.50 bits per heavy atom. The van der Waals surface area contributed by atoms with Crippen molar-refractivity contribution in [2.75, 3.05) is 47.1 Å². The van der Waals surface area contributed by atoms with Crippen LogP contribution in [0.4, 0.5) is 4.79 Å². The first kappa shape index (κ1) is 39.5. The van der Waals surface area contributed by atoms with Gasteiger partial charge in [-0.05, 0) is 61.2 Å². The molecule has 2 aliphatic heterocycles. The van der Waals surface area contributed by atoms with E-state index >= 15 is 0 Å². The minimum absolute atomic E-state index is 0.0267. The van der Waals surface area contributed by atoms with Crippen LogP contribution in [0.1, 0.15) is 43.4 Å². The zero-order valence-electron chi connectivity index (χ0n) is 29.8. The highest BCUT2D eigenvalue weighted by Gasteiger charge is 2.48. The lowest BCUT2D eigenvalue weighted by Gasteiger charge is -2.48. The summed E-state index contributed by atoms with van der Waals surface area (Å²) in [4.78, 5) is 28.6. The minimum Gasteiger partial charge on any atom is -0.496 e. The van der Waals surface area contributed by atoms with Gasteiger partial charge < -0.3 is 33.7 Å². The maximum atomic E-state index is 13.7. The van der Waals surface area contributed by atoms with Crippen LogP contribution in [-0.4, -0.2) is 85.6 Å². The molecule has 2 aliphatic rings. The van der Waals surface area contributed by atoms with Gasteiger partial charge in [-0.2, -0.15) is 0 Å². The number of esters is 1. The molecule has 1 N–H and O–H groups in total. The van der Waals surface area contributed by atoms with Gasteiger partial charge in [0.1, 0.15) is 23.9 Å². The van der Waals surface area contributed by atoms with Gasteiger partial charge in [-0.1, -0.05) is 83.3 Å². The van der Waals surface area contributed by atoms with Gasteiger partial charge in [0.05, 0.1) is 52.5 Å². The second-order valence-electron chi connectivity index (χ2n) is 13.1. The van der Waals surface area contributed by atoms with Crippen molar-refractivity contribution in [2.45, 2.75) is 61.2 Å². The molecule has 13 heteroatoms. The van der Waals surface area contributed by atoms with Crippen molar-refractivity contribution in [3.05, 3.63) is 95.1 Å². The average Bonchev–Trinajstić information content (AvgIpc) is 3.12. The van der Waals surface area contributed by atoms with E-state index in [2.05, 4.69) is 5.32 Å². The van der Waals surface area contributed by atoms with Crippen molar-refractivity contribution in [3.8, 4) is 17.2 Å². The van der Waals surface area contributed by atoms with E-state index in [1.807, 2.05) is 66.7 Å². The number of piperazine rings is 1. The Morgan fingerprint density at radius 3 is 2.17 bits per heavy atom. The van der Waals surface area contributed by atoms with E-state index in [-0.39, 0.29) is 19.1 Å². The zero-order chi connectivity index (χ0) is 37.3. The summed E-state index contributed by atoms with van der Waals surface area (Å²) in [5, 5.41) is 3.42. The Hall–Kier alpha value is -3.67. The molecule has 0 radical (unpaired) electrons. The summed E-state index contributed by atoms with van der Waals surface area (Å²) in [7, 11) is 3.21. The van der Waals surface area contributed by atoms with Crippen LogP contribution in [0.25, 0.3) is 5.57 Å². The molecular formula is C39H45Cl3N2O8. The van der Waals surface area contributed by atoms with Gasteiger partial charge in [-0.25, -0.2) is 4.79 Å². The predicted molar refractivity (Wildman–Crippen MR) is 202 cm³/mol. The van der Waals surface area contributed by atoms with E-state index in [4.69, 9.17) is 63.2 Å². The molecule has 1 saturated heterocycles. The molecule has 0 aromatic heterocycles. The highest BCUT2D eigenvalue weighted by atomic mass is 35.6. The number of rotatable bonds is 15. The van der Waals surface area contributed by atoms with Crippen molar-refractivity contribution in [3.63, 3.8) is 0 Å². The Labute approximate surface area is 320 Å². The minimum atomic E-state index is -1.85. The molecule has 0 unspecified atom stereocenters. The lowest BCUT2D eigenvalue weighted by atomic mass is 9.83. The van der Waals surface area contributed by atoms with Crippen LogP contribution in [0.15, 0.2) is 78.4 Å². The molecule has 1 amide bonds. The standard InChI is InChI=1S/C39H45Cl3N2O8/c1-38(2,39(40,41)42)52-37(46)44-29-21-31(32(33(44)23-43-22-29)25-51-36(45)20-27-10-5-7-12-34(27)47-3)26-14-16-30(17-15-26)50-19-9-18-49-24-28-11-6-8-13-35(28)48-4/h5-8,10-17,29,33,43H,9,18-25H2,1-4H3/t29-,33-/m1/s1. The molecule has 10 nitrogen and oxygen atoms in total. The highest BCUT2D eigenvalue weighted by molar-refractivity contribution is 6.68. The second kappa shape index (κ2) is 17.9.